The number of aromatic carboxylic acids is 1. The minimum absolute atomic E-state index is 0.0729. The highest BCUT2D eigenvalue weighted by Gasteiger charge is 2.35. The zero-order valence-electron chi connectivity index (χ0n) is 14.4. The number of methoxy groups -OCH3 is 2. The summed E-state index contributed by atoms with van der Waals surface area (Å²) in [5.41, 5.74) is 0.583. The van der Waals surface area contributed by atoms with Crippen molar-refractivity contribution in [2.75, 3.05) is 19.5 Å². The Balaban J connectivity index is 2.34. The molecule has 1 atom stereocenters. The van der Waals surface area contributed by atoms with Gasteiger partial charge in [0.2, 0.25) is 0 Å². The summed E-state index contributed by atoms with van der Waals surface area (Å²) in [7, 11) is 2.97. The van der Waals surface area contributed by atoms with E-state index in [1.165, 1.54) is 26.4 Å². The summed E-state index contributed by atoms with van der Waals surface area (Å²) < 4.78 is 10.5. The number of carboxylic acids is 1. The van der Waals surface area contributed by atoms with Gasteiger partial charge in [-0.15, -0.1) is 0 Å². The van der Waals surface area contributed by atoms with E-state index in [9.17, 15) is 14.7 Å². The molecule has 0 spiro atoms. The molecule has 0 aliphatic carbocycles. The van der Waals surface area contributed by atoms with E-state index in [2.05, 4.69) is 5.32 Å². The molecule has 0 aliphatic rings. The normalized spacial score (nSPS) is 13.1. The van der Waals surface area contributed by atoms with Gasteiger partial charge in [-0.3, -0.25) is 4.79 Å². The molecule has 0 bridgehead atoms. The molecular formula is C19H21NO5. The largest absolute Gasteiger partial charge is 0.478 e. The molecule has 132 valence electrons. The Morgan fingerprint density at radius 3 is 2.36 bits per heavy atom. The summed E-state index contributed by atoms with van der Waals surface area (Å²) in [6.07, 6.45) is 0. The maximum absolute atomic E-state index is 12.8. The highest BCUT2D eigenvalue weighted by atomic mass is 16.5. The molecule has 0 fully saturated rings. The number of amides is 1. The van der Waals surface area contributed by atoms with Gasteiger partial charge in [0.1, 0.15) is 0 Å². The Labute approximate surface area is 146 Å². The second-order valence-electron chi connectivity index (χ2n) is 5.71. The molecule has 1 unspecified atom stereocenters. The Morgan fingerprint density at radius 1 is 1.12 bits per heavy atom. The molecule has 0 saturated heterocycles. The number of hydrogen-bond acceptors (Lipinski definition) is 4. The van der Waals surface area contributed by atoms with E-state index in [4.69, 9.17) is 9.47 Å². The molecule has 1 amide bonds. The SMILES string of the molecule is COCc1cc(NC(=O)C(C)(OC)c2ccccc2)cc(C(=O)O)c1. The number of nitrogens with one attached hydrogen (secondary N) is 1. The third-order valence-corrected chi connectivity index (χ3v) is 3.97. The van der Waals surface area contributed by atoms with Gasteiger partial charge < -0.3 is 19.9 Å². The fourth-order valence-electron chi connectivity index (χ4n) is 2.49. The van der Waals surface area contributed by atoms with Crippen LogP contribution in [0.25, 0.3) is 0 Å². The lowest BCUT2D eigenvalue weighted by molar-refractivity contribution is -0.136. The van der Waals surface area contributed by atoms with Crippen LogP contribution in [0.15, 0.2) is 48.5 Å². The molecular weight excluding hydrogens is 322 g/mol. The van der Waals surface area contributed by atoms with E-state index < -0.39 is 17.5 Å². The van der Waals surface area contributed by atoms with Crippen molar-refractivity contribution in [3.63, 3.8) is 0 Å². The van der Waals surface area contributed by atoms with Crippen LogP contribution in [0.3, 0.4) is 0 Å². The van der Waals surface area contributed by atoms with Crippen LogP contribution in [-0.2, 0) is 26.5 Å². The minimum atomic E-state index is -1.21. The van der Waals surface area contributed by atoms with Crippen LogP contribution >= 0.6 is 0 Å². The number of carbonyl (C=O) groups is 2. The van der Waals surface area contributed by atoms with Crippen molar-refractivity contribution in [3.05, 3.63) is 65.2 Å². The number of ether oxygens (including phenoxy) is 2. The van der Waals surface area contributed by atoms with Gasteiger partial charge in [-0.05, 0) is 36.2 Å². The molecule has 0 saturated carbocycles. The molecule has 2 N–H and O–H groups in total. The lowest BCUT2D eigenvalue weighted by Gasteiger charge is -2.27. The van der Waals surface area contributed by atoms with Crippen molar-refractivity contribution in [2.24, 2.45) is 0 Å². The second kappa shape index (κ2) is 7.92. The number of anilines is 1. The first-order valence-corrected chi connectivity index (χ1v) is 7.69. The third-order valence-electron chi connectivity index (χ3n) is 3.97. The number of rotatable bonds is 7. The van der Waals surface area contributed by atoms with Gasteiger partial charge in [-0.25, -0.2) is 4.79 Å². The summed E-state index contributed by atoms with van der Waals surface area (Å²) >= 11 is 0. The highest BCUT2D eigenvalue weighted by Crippen LogP contribution is 2.27. The third kappa shape index (κ3) is 4.23. The predicted octanol–water partition coefficient (Wildman–Crippen LogP) is 3.03. The smallest absolute Gasteiger partial charge is 0.335 e. The van der Waals surface area contributed by atoms with E-state index in [0.29, 0.717) is 16.8 Å². The lowest BCUT2D eigenvalue weighted by atomic mass is 9.94. The van der Waals surface area contributed by atoms with Crippen LogP contribution < -0.4 is 5.32 Å². The van der Waals surface area contributed by atoms with Crippen molar-refractivity contribution in [1.29, 1.82) is 0 Å². The quantitative estimate of drug-likeness (QED) is 0.807. The van der Waals surface area contributed by atoms with Gasteiger partial charge in [0.05, 0.1) is 12.2 Å². The highest BCUT2D eigenvalue weighted by molar-refractivity contribution is 5.99. The van der Waals surface area contributed by atoms with Gasteiger partial charge >= 0.3 is 5.97 Å². The average molecular weight is 343 g/mol. The number of benzene rings is 2. The maximum Gasteiger partial charge on any atom is 0.335 e. The van der Waals surface area contributed by atoms with Crippen molar-refractivity contribution < 1.29 is 24.2 Å². The number of hydrogen-bond donors (Lipinski definition) is 2. The first-order chi connectivity index (χ1) is 11.9. The number of carbonyl (C=O) groups excluding carboxylic acids is 1. The lowest BCUT2D eigenvalue weighted by Crippen LogP contribution is -2.39. The monoisotopic (exact) mass is 343 g/mol. The van der Waals surface area contributed by atoms with Crippen LogP contribution in [0.2, 0.25) is 0 Å². The summed E-state index contributed by atoms with van der Waals surface area (Å²) in [6.45, 7) is 1.90. The minimum Gasteiger partial charge on any atom is -0.478 e. The summed E-state index contributed by atoms with van der Waals surface area (Å²) in [5, 5.41) is 12.0. The molecule has 2 rings (SSSR count). The first kappa shape index (κ1) is 18.6. The molecule has 6 heteroatoms. The standard InChI is InChI=1S/C19H21NO5/c1-19(25-3,15-7-5-4-6-8-15)18(23)20-16-10-13(12-24-2)9-14(11-16)17(21)22/h4-11H,12H2,1-3H3,(H,20,23)(H,21,22). The molecule has 6 nitrogen and oxygen atoms in total. The van der Waals surface area contributed by atoms with Crippen molar-refractivity contribution in [3.8, 4) is 0 Å². The van der Waals surface area contributed by atoms with Crippen LogP contribution in [0.5, 0.6) is 0 Å². The zero-order chi connectivity index (χ0) is 18.4. The van der Waals surface area contributed by atoms with Gasteiger partial charge in [0.15, 0.2) is 5.60 Å². The molecule has 0 aromatic heterocycles. The second-order valence-corrected chi connectivity index (χ2v) is 5.71. The Bertz CT molecular complexity index is 760. The van der Waals surface area contributed by atoms with E-state index in [1.54, 1.807) is 25.1 Å². The van der Waals surface area contributed by atoms with Crippen LogP contribution in [0, 0.1) is 0 Å². The van der Waals surface area contributed by atoms with Crippen molar-refractivity contribution in [2.45, 2.75) is 19.1 Å². The first-order valence-electron chi connectivity index (χ1n) is 7.69. The molecule has 0 radical (unpaired) electrons. The fraction of sp³-hybridized carbons (Fsp3) is 0.263. The average Bonchev–Trinajstić information content (AvgIpc) is 2.61. The maximum atomic E-state index is 12.8. The van der Waals surface area contributed by atoms with E-state index in [1.807, 2.05) is 18.2 Å². The van der Waals surface area contributed by atoms with E-state index in [-0.39, 0.29) is 12.2 Å². The Kier molecular flexibility index (Phi) is 5.90. The zero-order valence-corrected chi connectivity index (χ0v) is 14.4. The van der Waals surface area contributed by atoms with Gasteiger partial charge in [-0.2, -0.15) is 0 Å². The molecule has 2 aromatic rings. The van der Waals surface area contributed by atoms with Gasteiger partial charge in [0, 0.05) is 19.9 Å². The van der Waals surface area contributed by atoms with Crippen LogP contribution in [0.1, 0.15) is 28.4 Å². The van der Waals surface area contributed by atoms with Crippen molar-refractivity contribution >= 4 is 17.6 Å². The molecule has 0 aliphatic heterocycles. The topological polar surface area (TPSA) is 84.9 Å². The Hall–Kier alpha value is -2.70. The molecule has 25 heavy (non-hydrogen) atoms. The fourth-order valence-corrected chi connectivity index (χ4v) is 2.49. The van der Waals surface area contributed by atoms with Gasteiger partial charge in [-0.1, -0.05) is 30.3 Å². The van der Waals surface area contributed by atoms with Crippen LogP contribution in [-0.4, -0.2) is 31.2 Å². The molecule has 0 heterocycles. The summed E-state index contributed by atoms with van der Waals surface area (Å²) in [4.78, 5) is 24.1. The predicted molar refractivity (Wildman–Crippen MR) is 93.5 cm³/mol. The van der Waals surface area contributed by atoms with Gasteiger partial charge in [0.25, 0.3) is 5.91 Å². The summed E-state index contributed by atoms with van der Waals surface area (Å²) in [6, 6.07) is 13.7. The van der Waals surface area contributed by atoms with E-state index >= 15 is 0 Å². The number of carboxylic acid groups (broad SMARTS) is 1. The van der Waals surface area contributed by atoms with Crippen LogP contribution in [0.4, 0.5) is 5.69 Å². The summed E-state index contributed by atoms with van der Waals surface area (Å²) in [5.74, 6) is -1.47. The Morgan fingerprint density at radius 2 is 1.80 bits per heavy atom. The molecule has 2 aromatic carbocycles. The van der Waals surface area contributed by atoms with Crippen molar-refractivity contribution in [1.82, 2.24) is 0 Å². The van der Waals surface area contributed by atoms with E-state index in [0.717, 1.165) is 0 Å².